The predicted octanol–water partition coefficient (Wildman–Crippen LogP) is 1.00. The average Bonchev–Trinajstić information content (AvgIpc) is 2.84. The summed E-state index contributed by atoms with van der Waals surface area (Å²) < 4.78 is 27.6. The summed E-state index contributed by atoms with van der Waals surface area (Å²) >= 11 is 0. The van der Waals surface area contributed by atoms with Crippen LogP contribution in [0, 0.1) is 0 Å². The monoisotopic (exact) mass is 293 g/mol. The summed E-state index contributed by atoms with van der Waals surface area (Å²) in [5.74, 6) is 0.459. The molecule has 1 aliphatic rings. The third-order valence-corrected chi connectivity index (χ3v) is 4.04. The van der Waals surface area contributed by atoms with Crippen LogP contribution in [0.25, 0.3) is 0 Å². The molecule has 0 radical (unpaired) electrons. The first kappa shape index (κ1) is 13.3. The lowest BCUT2D eigenvalue weighted by molar-refractivity contribution is 0.319. The van der Waals surface area contributed by atoms with Gasteiger partial charge in [-0.25, -0.2) is 8.42 Å². The maximum Gasteiger partial charge on any atom is 0.244 e. The Kier molecular flexibility index (Phi) is 3.31. The second-order valence-electron chi connectivity index (χ2n) is 5.03. The lowest BCUT2D eigenvalue weighted by Gasteiger charge is -2.23. The second-order valence-corrected chi connectivity index (χ2v) is 7.17. The molecule has 1 atom stereocenters. The van der Waals surface area contributed by atoms with Crippen molar-refractivity contribution in [3.05, 3.63) is 47.1 Å². The van der Waals surface area contributed by atoms with Crippen LogP contribution in [-0.2, 0) is 28.6 Å². The molecule has 0 spiro atoms. The van der Waals surface area contributed by atoms with Crippen molar-refractivity contribution in [2.24, 2.45) is 0 Å². The van der Waals surface area contributed by atoms with Gasteiger partial charge < -0.3 is 9.84 Å². The van der Waals surface area contributed by atoms with Gasteiger partial charge in [0.1, 0.15) is 5.75 Å². The molecular formula is C13H15N3O3S. The van der Waals surface area contributed by atoms with Crippen molar-refractivity contribution in [2.45, 2.75) is 24.8 Å². The minimum atomic E-state index is -3.15. The van der Waals surface area contributed by atoms with Gasteiger partial charge >= 0.3 is 0 Å². The Morgan fingerprint density at radius 3 is 2.85 bits per heavy atom. The first-order valence-corrected chi connectivity index (χ1v) is 8.38. The number of benzene rings is 1. The number of nitrogens with one attached hydrogen (secondary N) is 1. The molecule has 6 nitrogen and oxygen atoms in total. The third kappa shape index (κ3) is 2.88. The van der Waals surface area contributed by atoms with E-state index in [4.69, 9.17) is 4.52 Å². The smallest absolute Gasteiger partial charge is 0.244 e. The minimum Gasteiger partial charge on any atom is -0.338 e. The van der Waals surface area contributed by atoms with E-state index in [0.717, 1.165) is 19.2 Å². The first-order valence-electron chi connectivity index (χ1n) is 6.31. The quantitative estimate of drug-likeness (QED) is 0.908. The van der Waals surface area contributed by atoms with Crippen molar-refractivity contribution < 1.29 is 12.9 Å². The lowest BCUT2D eigenvalue weighted by atomic mass is 9.96. The zero-order chi connectivity index (χ0) is 14.2. The van der Waals surface area contributed by atoms with Crippen LogP contribution in [0.3, 0.4) is 0 Å². The molecule has 7 heteroatoms. The molecular weight excluding hydrogens is 278 g/mol. The summed E-state index contributed by atoms with van der Waals surface area (Å²) in [6.45, 7) is 0.741. The fourth-order valence-corrected chi connectivity index (χ4v) is 2.92. The Morgan fingerprint density at radius 1 is 1.35 bits per heavy atom. The van der Waals surface area contributed by atoms with Crippen LogP contribution in [0.4, 0.5) is 0 Å². The normalized spacial score (nSPS) is 18.8. The standard InChI is InChI=1S/C13H15N3O3S/c1-20(17,18)8-12-15-13(19-16-12)11-6-9-4-2-3-5-10(9)7-14-11/h2-5,11,14H,6-8H2,1H3. The molecule has 1 N–H and O–H groups in total. The van der Waals surface area contributed by atoms with Crippen molar-refractivity contribution in [3.63, 3.8) is 0 Å². The van der Waals surface area contributed by atoms with E-state index in [1.807, 2.05) is 12.1 Å². The SMILES string of the molecule is CS(=O)(=O)Cc1noc(C2Cc3ccccc3CN2)n1. The summed E-state index contributed by atoms with van der Waals surface area (Å²) in [5.41, 5.74) is 2.51. The maximum absolute atomic E-state index is 11.2. The topological polar surface area (TPSA) is 85.1 Å². The van der Waals surface area contributed by atoms with Gasteiger partial charge in [-0.2, -0.15) is 4.98 Å². The molecule has 2 heterocycles. The van der Waals surface area contributed by atoms with Gasteiger partial charge in [0.05, 0.1) is 6.04 Å². The van der Waals surface area contributed by atoms with Crippen LogP contribution < -0.4 is 5.32 Å². The van der Waals surface area contributed by atoms with Gasteiger partial charge in [-0.1, -0.05) is 29.4 Å². The highest BCUT2D eigenvalue weighted by Crippen LogP contribution is 2.24. The van der Waals surface area contributed by atoms with Gasteiger partial charge in [0.15, 0.2) is 15.7 Å². The predicted molar refractivity (Wildman–Crippen MR) is 72.6 cm³/mol. The van der Waals surface area contributed by atoms with Crippen molar-refractivity contribution in [1.29, 1.82) is 0 Å². The minimum absolute atomic E-state index is 0.0642. The van der Waals surface area contributed by atoms with E-state index < -0.39 is 9.84 Å². The van der Waals surface area contributed by atoms with E-state index in [0.29, 0.717) is 5.89 Å². The third-order valence-electron chi connectivity index (χ3n) is 3.25. The highest BCUT2D eigenvalue weighted by Gasteiger charge is 2.24. The number of aromatic nitrogens is 2. The number of fused-ring (bicyclic) bond motifs is 1. The molecule has 106 valence electrons. The summed E-state index contributed by atoms with van der Waals surface area (Å²) in [6.07, 6.45) is 1.91. The zero-order valence-electron chi connectivity index (χ0n) is 11.0. The molecule has 20 heavy (non-hydrogen) atoms. The molecule has 1 unspecified atom stereocenters. The number of hydrogen-bond acceptors (Lipinski definition) is 6. The first-order chi connectivity index (χ1) is 9.51. The Labute approximate surface area is 117 Å². The number of nitrogens with zero attached hydrogens (tertiary/aromatic N) is 2. The maximum atomic E-state index is 11.2. The van der Waals surface area contributed by atoms with E-state index in [1.54, 1.807) is 0 Å². The van der Waals surface area contributed by atoms with E-state index in [-0.39, 0.29) is 17.6 Å². The molecule has 0 amide bonds. The molecule has 0 bridgehead atoms. The highest BCUT2D eigenvalue weighted by molar-refractivity contribution is 7.89. The second kappa shape index (κ2) is 4.99. The molecule has 1 aromatic heterocycles. The van der Waals surface area contributed by atoms with Crippen LogP contribution in [0.1, 0.15) is 28.9 Å². The van der Waals surface area contributed by atoms with Crippen molar-refractivity contribution >= 4 is 9.84 Å². The van der Waals surface area contributed by atoms with Crippen LogP contribution in [0.15, 0.2) is 28.8 Å². The van der Waals surface area contributed by atoms with Crippen LogP contribution in [0.5, 0.6) is 0 Å². The van der Waals surface area contributed by atoms with Crippen molar-refractivity contribution in [3.8, 4) is 0 Å². The van der Waals surface area contributed by atoms with Crippen LogP contribution in [-0.4, -0.2) is 24.8 Å². The van der Waals surface area contributed by atoms with Gasteiger partial charge in [0, 0.05) is 12.8 Å². The van der Waals surface area contributed by atoms with E-state index >= 15 is 0 Å². The summed E-state index contributed by atoms with van der Waals surface area (Å²) in [7, 11) is -3.15. The van der Waals surface area contributed by atoms with E-state index in [2.05, 4.69) is 27.6 Å². The van der Waals surface area contributed by atoms with Gasteiger partial charge in [-0.05, 0) is 17.5 Å². The van der Waals surface area contributed by atoms with E-state index in [1.165, 1.54) is 11.1 Å². The lowest BCUT2D eigenvalue weighted by Crippen LogP contribution is -2.28. The molecule has 2 aromatic rings. The van der Waals surface area contributed by atoms with Gasteiger partial charge in [-0.15, -0.1) is 0 Å². The van der Waals surface area contributed by atoms with Crippen molar-refractivity contribution in [2.75, 3.05) is 6.26 Å². The average molecular weight is 293 g/mol. The van der Waals surface area contributed by atoms with Crippen molar-refractivity contribution in [1.82, 2.24) is 15.5 Å². The molecule has 3 rings (SSSR count). The zero-order valence-corrected chi connectivity index (χ0v) is 11.9. The number of rotatable bonds is 3. The number of sulfone groups is 1. The van der Waals surface area contributed by atoms with E-state index in [9.17, 15) is 8.42 Å². The molecule has 1 aliphatic heterocycles. The highest BCUT2D eigenvalue weighted by atomic mass is 32.2. The molecule has 1 aromatic carbocycles. The Bertz CT molecular complexity index is 724. The molecule has 0 saturated carbocycles. The Hall–Kier alpha value is -1.73. The fraction of sp³-hybridized carbons (Fsp3) is 0.385. The van der Waals surface area contributed by atoms with Gasteiger partial charge in [0.25, 0.3) is 0 Å². The largest absolute Gasteiger partial charge is 0.338 e. The Morgan fingerprint density at radius 2 is 2.10 bits per heavy atom. The summed E-state index contributed by atoms with van der Waals surface area (Å²) in [5, 5.41) is 7.05. The van der Waals surface area contributed by atoms with Crippen LogP contribution in [0.2, 0.25) is 0 Å². The van der Waals surface area contributed by atoms with Gasteiger partial charge in [-0.3, -0.25) is 0 Å². The van der Waals surface area contributed by atoms with Gasteiger partial charge in [0.2, 0.25) is 5.89 Å². The fourth-order valence-electron chi connectivity index (χ4n) is 2.33. The summed E-state index contributed by atoms with van der Waals surface area (Å²) in [4.78, 5) is 4.17. The summed E-state index contributed by atoms with van der Waals surface area (Å²) in [6, 6.07) is 8.12. The van der Waals surface area contributed by atoms with Crippen LogP contribution >= 0.6 is 0 Å². The Balaban J connectivity index is 1.78. The molecule has 0 saturated heterocycles. The molecule has 0 fully saturated rings. The number of hydrogen-bond donors (Lipinski definition) is 1. The molecule has 0 aliphatic carbocycles.